The fourth-order valence-electron chi connectivity index (χ4n) is 3.20. The summed E-state index contributed by atoms with van der Waals surface area (Å²) < 4.78 is 7.48. The molecule has 4 aromatic rings. The van der Waals surface area contributed by atoms with Crippen LogP contribution in [-0.4, -0.2) is 15.8 Å². The Kier molecular flexibility index (Phi) is 6.04. The number of carbonyl (C=O) groups excluding carboxylic acids is 1. The number of carbonyl (C=O) groups is 1. The number of amides is 2. The van der Waals surface area contributed by atoms with Crippen molar-refractivity contribution in [2.45, 2.75) is 26.2 Å². The standard InChI is InChI=1S/C26H27N5O2/c1-26(2,3)23-17-24(31(30-23)20-9-7-8-18(27)16-20)29-25(32)28-19-12-14-22(15-13-19)33-21-10-5-4-6-11-21/h4-17H,27H2,1-3H3,(H2,28,29,32). The first kappa shape index (κ1) is 22.0. The zero-order valence-corrected chi connectivity index (χ0v) is 18.9. The molecule has 33 heavy (non-hydrogen) atoms. The smallest absolute Gasteiger partial charge is 0.324 e. The van der Waals surface area contributed by atoms with Crippen molar-refractivity contribution in [1.29, 1.82) is 0 Å². The molecule has 0 bridgehead atoms. The number of nitrogens with one attached hydrogen (secondary N) is 2. The molecule has 0 fully saturated rings. The zero-order chi connectivity index (χ0) is 23.4. The Labute approximate surface area is 193 Å². The molecular weight excluding hydrogens is 414 g/mol. The molecule has 0 radical (unpaired) electrons. The number of anilines is 3. The van der Waals surface area contributed by atoms with E-state index in [9.17, 15) is 4.79 Å². The highest BCUT2D eigenvalue weighted by Crippen LogP contribution is 2.27. The van der Waals surface area contributed by atoms with E-state index in [-0.39, 0.29) is 11.4 Å². The lowest BCUT2D eigenvalue weighted by molar-refractivity contribution is 0.262. The molecule has 7 nitrogen and oxygen atoms in total. The third kappa shape index (κ3) is 5.51. The van der Waals surface area contributed by atoms with Gasteiger partial charge in [-0.1, -0.05) is 45.0 Å². The van der Waals surface area contributed by atoms with Crippen LogP contribution >= 0.6 is 0 Å². The highest BCUT2D eigenvalue weighted by atomic mass is 16.5. The van der Waals surface area contributed by atoms with E-state index in [1.54, 1.807) is 28.9 Å². The van der Waals surface area contributed by atoms with Gasteiger partial charge in [0.25, 0.3) is 0 Å². The minimum absolute atomic E-state index is 0.187. The Morgan fingerprint density at radius 2 is 1.58 bits per heavy atom. The fraction of sp³-hybridized carbons (Fsp3) is 0.154. The molecule has 0 atom stereocenters. The molecule has 7 heteroatoms. The molecule has 0 spiro atoms. The summed E-state index contributed by atoms with van der Waals surface area (Å²) in [7, 11) is 0. The topological polar surface area (TPSA) is 94.2 Å². The first-order chi connectivity index (χ1) is 15.8. The molecule has 1 aromatic heterocycles. The molecule has 0 aliphatic heterocycles. The van der Waals surface area contributed by atoms with Crippen molar-refractivity contribution < 1.29 is 9.53 Å². The van der Waals surface area contributed by atoms with Crippen molar-refractivity contribution >= 4 is 23.2 Å². The lowest BCUT2D eigenvalue weighted by atomic mass is 9.92. The van der Waals surface area contributed by atoms with Gasteiger partial charge in [-0.05, 0) is 54.6 Å². The maximum absolute atomic E-state index is 12.7. The molecule has 3 aromatic carbocycles. The summed E-state index contributed by atoms with van der Waals surface area (Å²) in [5, 5.41) is 10.5. The quantitative estimate of drug-likeness (QED) is 0.322. The predicted octanol–water partition coefficient (Wildman–Crippen LogP) is 6.19. The minimum Gasteiger partial charge on any atom is -0.457 e. The number of benzene rings is 3. The van der Waals surface area contributed by atoms with Gasteiger partial charge in [-0.25, -0.2) is 9.48 Å². The van der Waals surface area contributed by atoms with Crippen LogP contribution in [0.2, 0.25) is 0 Å². The van der Waals surface area contributed by atoms with Gasteiger partial charge >= 0.3 is 6.03 Å². The number of urea groups is 1. The Bertz CT molecular complexity index is 1240. The van der Waals surface area contributed by atoms with Crippen LogP contribution in [0.1, 0.15) is 26.5 Å². The van der Waals surface area contributed by atoms with E-state index in [1.165, 1.54) is 0 Å². The summed E-state index contributed by atoms with van der Waals surface area (Å²) in [5.41, 5.74) is 8.64. The van der Waals surface area contributed by atoms with Crippen LogP contribution in [-0.2, 0) is 5.41 Å². The summed E-state index contributed by atoms with van der Waals surface area (Å²) in [6.07, 6.45) is 0. The minimum atomic E-state index is -0.378. The lowest BCUT2D eigenvalue weighted by Crippen LogP contribution is -2.21. The van der Waals surface area contributed by atoms with Gasteiger partial charge in [-0.2, -0.15) is 5.10 Å². The normalized spacial score (nSPS) is 11.1. The SMILES string of the molecule is CC(C)(C)c1cc(NC(=O)Nc2ccc(Oc3ccccc3)cc2)n(-c2cccc(N)c2)n1. The molecule has 168 valence electrons. The van der Waals surface area contributed by atoms with E-state index >= 15 is 0 Å². The van der Waals surface area contributed by atoms with E-state index in [2.05, 4.69) is 31.4 Å². The third-order valence-corrected chi connectivity index (χ3v) is 4.93. The number of aromatic nitrogens is 2. The number of nitrogens with zero attached hydrogens (tertiary/aromatic N) is 2. The number of hydrogen-bond donors (Lipinski definition) is 3. The van der Waals surface area contributed by atoms with Crippen molar-refractivity contribution in [3.63, 3.8) is 0 Å². The van der Waals surface area contributed by atoms with Gasteiger partial charge in [0.1, 0.15) is 17.3 Å². The van der Waals surface area contributed by atoms with E-state index in [0.29, 0.717) is 22.9 Å². The summed E-state index contributed by atoms with van der Waals surface area (Å²) in [4.78, 5) is 12.7. The number of hydrogen-bond acceptors (Lipinski definition) is 4. The van der Waals surface area contributed by atoms with Gasteiger partial charge in [0, 0.05) is 22.9 Å². The van der Waals surface area contributed by atoms with Crippen molar-refractivity contribution in [3.8, 4) is 17.2 Å². The van der Waals surface area contributed by atoms with E-state index in [4.69, 9.17) is 15.6 Å². The van der Waals surface area contributed by atoms with Crippen LogP contribution in [0.3, 0.4) is 0 Å². The van der Waals surface area contributed by atoms with Gasteiger partial charge in [-0.15, -0.1) is 0 Å². The van der Waals surface area contributed by atoms with Gasteiger partial charge in [0.15, 0.2) is 0 Å². The average molecular weight is 442 g/mol. The van der Waals surface area contributed by atoms with Crippen molar-refractivity contribution in [3.05, 3.63) is 90.6 Å². The van der Waals surface area contributed by atoms with Crippen LogP contribution in [0, 0.1) is 0 Å². The second kappa shape index (κ2) is 9.08. The van der Waals surface area contributed by atoms with E-state index < -0.39 is 0 Å². The van der Waals surface area contributed by atoms with Gasteiger partial charge in [-0.3, -0.25) is 5.32 Å². The number of ether oxygens (including phenoxy) is 1. The highest BCUT2D eigenvalue weighted by Gasteiger charge is 2.21. The fourth-order valence-corrected chi connectivity index (χ4v) is 3.20. The third-order valence-electron chi connectivity index (χ3n) is 4.93. The van der Waals surface area contributed by atoms with E-state index in [1.807, 2.05) is 60.7 Å². The van der Waals surface area contributed by atoms with Crippen LogP contribution < -0.4 is 21.1 Å². The maximum Gasteiger partial charge on any atom is 0.324 e. The molecule has 1 heterocycles. The molecule has 2 amide bonds. The molecule has 4 rings (SSSR count). The molecule has 0 saturated heterocycles. The Balaban J connectivity index is 1.49. The van der Waals surface area contributed by atoms with Crippen LogP contribution in [0.15, 0.2) is 84.9 Å². The Morgan fingerprint density at radius 1 is 0.879 bits per heavy atom. The monoisotopic (exact) mass is 441 g/mol. The number of rotatable bonds is 5. The molecule has 0 aliphatic carbocycles. The van der Waals surface area contributed by atoms with Crippen LogP contribution in [0.5, 0.6) is 11.5 Å². The van der Waals surface area contributed by atoms with Crippen molar-refractivity contribution in [2.24, 2.45) is 0 Å². The molecular formula is C26H27N5O2. The average Bonchev–Trinajstić information content (AvgIpc) is 3.20. The second-order valence-corrected chi connectivity index (χ2v) is 8.69. The zero-order valence-electron chi connectivity index (χ0n) is 18.9. The molecule has 0 aliphatic rings. The lowest BCUT2D eigenvalue weighted by Gasteiger charge is -2.14. The second-order valence-electron chi connectivity index (χ2n) is 8.69. The largest absolute Gasteiger partial charge is 0.457 e. The van der Waals surface area contributed by atoms with Gasteiger partial charge in [0.05, 0.1) is 11.4 Å². The van der Waals surface area contributed by atoms with Crippen molar-refractivity contribution in [2.75, 3.05) is 16.4 Å². The maximum atomic E-state index is 12.7. The predicted molar refractivity (Wildman–Crippen MR) is 132 cm³/mol. The van der Waals surface area contributed by atoms with Crippen molar-refractivity contribution in [1.82, 2.24) is 9.78 Å². The summed E-state index contributed by atoms with van der Waals surface area (Å²) in [6, 6.07) is 25.6. The van der Waals surface area contributed by atoms with Crippen LogP contribution in [0.25, 0.3) is 5.69 Å². The summed E-state index contributed by atoms with van der Waals surface area (Å²) in [5.74, 6) is 1.98. The molecule has 0 saturated carbocycles. The summed E-state index contributed by atoms with van der Waals surface area (Å²) >= 11 is 0. The Morgan fingerprint density at radius 3 is 2.24 bits per heavy atom. The number of nitrogens with two attached hydrogens (primary N) is 1. The number of para-hydroxylation sites is 1. The first-order valence-electron chi connectivity index (χ1n) is 10.7. The molecule has 4 N–H and O–H groups in total. The Hall–Kier alpha value is -4.26. The first-order valence-corrected chi connectivity index (χ1v) is 10.7. The molecule has 0 unspecified atom stereocenters. The van der Waals surface area contributed by atoms with Gasteiger partial charge < -0.3 is 15.8 Å². The highest BCUT2D eigenvalue weighted by molar-refractivity contribution is 5.99. The number of nitrogen functional groups attached to an aromatic ring is 1. The summed E-state index contributed by atoms with van der Waals surface area (Å²) in [6.45, 7) is 6.21. The van der Waals surface area contributed by atoms with E-state index in [0.717, 1.165) is 17.1 Å². The van der Waals surface area contributed by atoms with Gasteiger partial charge in [0.2, 0.25) is 0 Å². The van der Waals surface area contributed by atoms with Crippen LogP contribution in [0.4, 0.5) is 22.0 Å².